The number of carbonyl (C=O) groups excluding carboxylic acids is 2. The number of aromatic nitrogens is 1. The summed E-state index contributed by atoms with van der Waals surface area (Å²) in [5.74, 6) is -0.521. The molecule has 2 aromatic carbocycles. The standard InChI is InChI=1S/C23H22N2O3/c26-22(25-14-13-17-5-1-2-7-19(17)15-25)16-28-23(27)12-11-20-10-9-18-6-3-4-8-21(18)24-20/h1-10H,11-16H2. The average Bonchev–Trinajstić information content (AvgIpc) is 2.75. The van der Waals surface area contributed by atoms with Gasteiger partial charge in [0.15, 0.2) is 6.61 Å². The molecule has 0 N–H and O–H groups in total. The van der Waals surface area contributed by atoms with Crippen LogP contribution in [0.25, 0.3) is 10.9 Å². The molecule has 0 atom stereocenters. The molecule has 5 nitrogen and oxygen atoms in total. The normalized spacial score (nSPS) is 13.2. The van der Waals surface area contributed by atoms with Crippen molar-refractivity contribution in [2.75, 3.05) is 13.2 Å². The number of hydrogen-bond donors (Lipinski definition) is 0. The van der Waals surface area contributed by atoms with Crippen molar-refractivity contribution in [2.45, 2.75) is 25.8 Å². The number of fused-ring (bicyclic) bond motifs is 2. The summed E-state index contributed by atoms with van der Waals surface area (Å²) >= 11 is 0. The number of ether oxygens (including phenoxy) is 1. The molecule has 4 rings (SSSR count). The van der Waals surface area contributed by atoms with Crippen molar-refractivity contribution in [1.82, 2.24) is 9.88 Å². The van der Waals surface area contributed by atoms with Gasteiger partial charge >= 0.3 is 5.97 Å². The summed E-state index contributed by atoms with van der Waals surface area (Å²) in [5, 5.41) is 1.07. The molecule has 142 valence electrons. The Morgan fingerprint density at radius 3 is 2.64 bits per heavy atom. The van der Waals surface area contributed by atoms with Gasteiger partial charge in [0.1, 0.15) is 0 Å². The fraction of sp³-hybridized carbons (Fsp3) is 0.261. The van der Waals surface area contributed by atoms with Crippen molar-refractivity contribution in [1.29, 1.82) is 0 Å². The van der Waals surface area contributed by atoms with Crippen LogP contribution in [0, 0.1) is 0 Å². The number of hydrogen-bond acceptors (Lipinski definition) is 4. The Balaban J connectivity index is 1.25. The zero-order valence-electron chi connectivity index (χ0n) is 15.6. The first-order chi connectivity index (χ1) is 13.7. The second kappa shape index (κ2) is 8.21. The van der Waals surface area contributed by atoms with E-state index in [-0.39, 0.29) is 24.9 Å². The second-order valence-corrected chi connectivity index (χ2v) is 6.99. The topological polar surface area (TPSA) is 59.5 Å². The summed E-state index contributed by atoms with van der Waals surface area (Å²) in [5.41, 5.74) is 4.20. The van der Waals surface area contributed by atoms with Crippen LogP contribution in [0.5, 0.6) is 0 Å². The molecule has 1 aromatic heterocycles. The van der Waals surface area contributed by atoms with Crippen LogP contribution in [-0.4, -0.2) is 34.9 Å². The Hall–Kier alpha value is -3.21. The third-order valence-corrected chi connectivity index (χ3v) is 5.08. The van der Waals surface area contributed by atoms with E-state index in [2.05, 4.69) is 11.1 Å². The smallest absolute Gasteiger partial charge is 0.306 e. The molecule has 2 heterocycles. The molecule has 0 fully saturated rings. The summed E-state index contributed by atoms with van der Waals surface area (Å²) in [4.78, 5) is 30.7. The van der Waals surface area contributed by atoms with Crippen molar-refractivity contribution in [3.05, 3.63) is 77.5 Å². The molecule has 0 aliphatic carbocycles. The van der Waals surface area contributed by atoms with E-state index in [0.717, 1.165) is 28.6 Å². The molecule has 1 aliphatic rings. The number of pyridine rings is 1. The van der Waals surface area contributed by atoms with Gasteiger partial charge in [-0.2, -0.15) is 0 Å². The fourth-order valence-corrected chi connectivity index (χ4v) is 3.49. The molecular formula is C23H22N2O3. The van der Waals surface area contributed by atoms with Crippen LogP contribution in [0.15, 0.2) is 60.7 Å². The molecule has 0 radical (unpaired) electrons. The van der Waals surface area contributed by atoms with Gasteiger partial charge in [-0.05, 0) is 29.7 Å². The Morgan fingerprint density at radius 1 is 0.964 bits per heavy atom. The molecule has 5 heteroatoms. The Bertz CT molecular complexity index is 1020. The van der Waals surface area contributed by atoms with Crippen LogP contribution in [0.3, 0.4) is 0 Å². The van der Waals surface area contributed by atoms with Gasteiger partial charge in [-0.25, -0.2) is 0 Å². The zero-order chi connectivity index (χ0) is 19.3. The molecule has 0 saturated carbocycles. The molecule has 0 saturated heterocycles. The van der Waals surface area contributed by atoms with Gasteiger partial charge < -0.3 is 9.64 Å². The second-order valence-electron chi connectivity index (χ2n) is 6.99. The minimum Gasteiger partial charge on any atom is -0.456 e. The minimum atomic E-state index is -0.374. The fourth-order valence-electron chi connectivity index (χ4n) is 3.49. The van der Waals surface area contributed by atoms with Crippen LogP contribution in [0.1, 0.15) is 23.2 Å². The van der Waals surface area contributed by atoms with Crippen molar-refractivity contribution in [3.63, 3.8) is 0 Å². The van der Waals surface area contributed by atoms with Crippen molar-refractivity contribution >= 4 is 22.8 Å². The van der Waals surface area contributed by atoms with Crippen LogP contribution in [0.4, 0.5) is 0 Å². The van der Waals surface area contributed by atoms with E-state index < -0.39 is 0 Å². The molecule has 0 spiro atoms. The first-order valence-electron chi connectivity index (χ1n) is 9.54. The average molecular weight is 374 g/mol. The van der Waals surface area contributed by atoms with Crippen molar-refractivity contribution in [3.8, 4) is 0 Å². The number of nitrogens with zero attached hydrogens (tertiary/aromatic N) is 2. The number of para-hydroxylation sites is 1. The number of esters is 1. The maximum absolute atomic E-state index is 12.4. The van der Waals surface area contributed by atoms with Gasteiger partial charge in [0.25, 0.3) is 5.91 Å². The van der Waals surface area contributed by atoms with Gasteiger partial charge in [-0.3, -0.25) is 14.6 Å². The number of amides is 1. The zero-order valence-corrected chi connectivity index (χ0v) is 15.6. The minimum absolute atomic E-state index is 0.147. The van der Waals surface area contributed by atoms with E-state index >= 15 is 0 Å². The lowest BCUT2D eigenvalue weighted by atomic mass is 10.00. The molecule has 0 unspecified atom stereocenters. The van der Waals surface area contributed by atoms with Crippen LogP contribution in [-0.2, 0) is 33.7 Å². The molecular weight excluding hydrogens is 352 g/mol. The highest BCUT2D eigenvalue weighted by molar-refractivity contribution is 5.81. The van der Waals surface area contributed by atoms with E-state index in [9.17, 15) is 9.59 Å². The molecule has 28 heavy (non-hydrogen) atoms. The van der Waals surface area contributed by atoms with E-state index in [0.29, 0.717) is 19.5 Å². The van der Waals surface area contributed by atoms with Gasteiger partial charge in [-0.1, -0.05) is 48.5 Å². The molecule has 1 aliphatic heterocycles. The van der Waals surface area contributed by atoms with E-state index in [1.165, 1.54) is 5.56 Å². The monoisotopic (exact) mass is 374 g/mol. The first-order valence-corrected chi connectivity index (χ1v) is 9.54. The maximum Gasteiger partial charge on any atom is 0.306 e. The largest absolute Gasteiger partial charge is 0.456 e. The van der Waals surface area contributed by atoms with Crippen LogP contribution in [0.2, 0.25) is 0 Å². The third-order valence-electron chi connectivity index (χ3n) is 5.08. The Labute approximate surface area is 163 Å². The summed E-state index contributed by atoms with van der Waals surface area (Å²) in [7, 11) is 0. The van der Waals surface area contributed by atoms with Crippen molar-refractivity contribution < 1.29 is 14.3 Å². The lowest BCUT2D eigenvalue weighted by molar-refractivity contribution is -0.152. The third kappa shape index (κ3) is 4.19. The lowest BCUT2D eigenvalue weighted by Crippen LogP contribution is -2.38. The molecule has 3 aromatic rings. The highest BCUT2D eigenvalue weighted by Gasteiger charge is 2.21. The SMILES string of the molecule is O=C(CCc1ccc2ccccc2n1)OCC(=O)N1CCc2ccccc2C1. The van der Waals surface area contributed by atoms with Crippen molar-refractivity contribution in [2.24, 2.45) is 0 Å². The summed E-state index contributed by atoms with van der Waals surface area (Å²) in [6.07, 6.45) is 1.54. The first kappa shape index (κ1) is 18.2. The van der Waals surface area contributed by atoms with Gasteiger partial charge in [-0.15, -0.1) is 0 Å². The number of benzene rings is 2. The van der Waals surface area contributed by atoms with Crippen LogP contribution < -0.4 is 0 Å². The summed E-state index contributed by atoms with van der Waals surface area (Å²) in [6, 6.07) is 19.9. The Morgan fingerprint density at radius 2 is 1.75 bits per heavy atom. The van der Waals surface area contributed by atoms with Crippen LogP contribution >= 0.6 is 0 Å². The summed E-state index contributed by atoms with van der Waals surface area (Å²) in [6.45, 7) is 1.04. The van der Waals surface area contributed by atoms with Gasteiger partial charge in [0, 0.05) is 30.6 Å². The highest BCUT2D eigenvalue weighted by atomic mass is 16.5. The maximum atomic E-state index is 12.4. The number of carbonyl (C=O) groups is 2. The van der Waals surface area contributed by atoms with E-state index in [1.807, 2.05) is 54.6 Å². The molecule has 1 amide bonds. The highest BCUT2D eigenvalue weighted by Crippen LogP contribution is 2.18. The van der Waals surface area contributed by atoms with E-state index in [1.54, 1.807) is 4.90 Å². The van der Waals surface area contributed by atoms with Gasteiger partial charge in [0.05, 0.1) is 11.9 Å². The molecule has 0 bridgehead atoms. The quantitative estimate of drug-likeness (QED) is 0.643. The van der Waals surface area contributed by atoms with E-state index in [4.69, 9.17) is 4.74 Å². The predicted molar refractivity (Wildman–Crippen MR) is 107 cm³/mol. The Kier molecular flexibility index (Phi) is 5.33. The summed E-state index contributed by atoms with van der Waals surface area (Å²) < 4.78 is 5.20. The number of rotatable bonds is 5. The van der Waals surface area contributed by atoms with Gasteiger partial charge in [0.2, 0.25) is 0 Å². The lowest BCUT2D eigenvalue weighted by Gasteiger charge is -2.28. The number of aryl methyl sites for hydroxylation is 1. The predicted octanol–water partition coefficient (Wildman–Crippen LogP) is 3.30.